The molecule has 0 unspecified atom stereocenters. The number of hydrogen-bond acceptors (Lipinski definition) is 3. The molecule has 0 aliphatic carbocycles. The lowest BCUT2D eigenvalue weighted by Gasteiger charge is -2.16. The topological polar surface area (TPSA) is 49.4 Å². The second kappa shape index (κ2) is 7.53. The van der Waals surface area contributed by atoms with Gasteiger partial charge in [-0.3, -0.25) is 9.59 Å². The maximum atomic E-state index is 12.4. The second-order valence-electron chi connectivity index (χ2n) is 5.88. The van der Waals surface area contributed by atoms with Gasteiger partial charge in [0.05, 0.1) is 5.92 Å². The third kappa shape index (κ3) is 3.97. The van der Waals surface area contributed by atoms with Crippen LogP contribution in [0.1, 0.15) is 12.0 Å². The van der Waals surface area contributed by atoms with Gasteiger partial charge in [0.15, 0.2) is 0 Å². The number of likely N-dealkylation sites (tertiary alicyclic amines) is 1. The van der Waals surface area contributed by atoms with Gasteiger partial charge in [-0.2, -0.15) is 0 Å². The first-order valence-corrected chi connectivity index (χ1v) is 9.15. The maximum absolute atomic E-state index is 12.4. The van der Waals surface area contributed by atoms with Gasteiger partial charge < -0.3 is 10.2 Å². The lowest BCUT2D eigenvalue weighted by Crippen LogP contribution is -2.28. The van der Waals surface area contributed by atoms with Crippen molar-refractivity contribution in [2.45, 2.75) is 17.9 Å². The van der Waals surface area contributed by atoms with Gasteiger partial charge in [0.1, 0.15) is 0 Å². The summed E-state index contributed by atoms with van der Waals surface area (Å²) < 4.78 is 0. The number of anilines is 1. The van der Waals surface area contributed by atoms with Crippen molar-refractivity contribution in [1.82, 2.24) is 4.90 Å². The SMILES string of the molecule is CSc1ccc(NC(=O)[C@H]2CC(=O)N(Cc3ccccc3)C2)cc1. The fourth-order valence-corrected chi connectivity index (χ4v) is 3.23. The smallest absolute Gasteiger partial charge is 0.229 e. The summed E-state index contributed by atoms with van der Waals surface area (Å²) in [6, 6.07) is 17.6. The van der Waals surface area contributed by atoms with Gasteiger partial charge in [-0.1, -0.05) is 30.3 Å². The first-order valence-electron chi connectivity index (χ1n) is 7.92. The number of nitrogens with one attached hydrogen (secondary N) is 1. The first-order chi connectivity index (χ1) is 11.7. The van der Waals surface area contributed by atoms with Crippen LogP contribution in [-0.4, -0.2) is 29.5 Å². The second-order valence-corrected chi connectivity index (χ2v) is 6.76. The van der Waals surface area contributed by atoms with Crippen molar-refractivity contribution in [2.24, 2.45) is 5.92 Å². The number of hydrogen-bond donors (Lipinski definition) is 1. The Balaban J connectivity index is 1.59. The first kappa shape index (κ1) is 16.6. The maximum Gasteiger partial charge on any atom is 0.229 e. The van der Waals surface area contributed by atoms with Crippen LogP contribution < -0.4 is 5.32 Å². The fraction of sp³-hybridized carbons (Fsp3) is 0.263. The summed E-state index contributed by atoms with van der Waals surface area (Å²) in [5, 5.41) is 2.91. The minimum absolute atomic E-state index is 0.0386. The molecule has 1 aliphatic rings. The van der Waals surface area contributed by atoms with Crippen molar-refractivity contribution in [2.75, 3.05) is 18.1 Å². The monoisotopic (exact) mass is 340 g/mol. The average Bonchev–Trinajstić information content (AvgIpc) is 2.97. The summed E-state index contributed by atoms with van der Waals surface area (Å²) >= 11 is 1.66. The van der Waals surface area contributed by atoms with Gasteiger partial charge in [-0.15, -0.1) is 11.8 Å². The molecule has 1 N–H and O–H groups in total. The van der Waals surface area contributed by atoms with E-state index in [-0.39, 0.29) is 24.2 Å². The van der Waals surface area contributed by atoms with Crippen molar-refractivity contribution in [3.05, 3.63) is 60.2 Å². The summed E-state index contributed by atoms with van der Waals surface area (Å²) in [5.74, 6) is -0.339. The Bertz CT molecular complexity index is 716. The van der Waals surface area contributed by atoms with E-state index in [9.17, 15) is 9.59 Å². The van der Waals surface area contributed by atoms with Crippen LogP contribution >= 0.6 is 11.8 Å². The van der Waals surface area contributed by atoms with E-state index >= 15 is 0 Å². The molecule has 3 rings (SSSR count). The Morgan fingerprint density at radius 2 is 1.88 bits per heavy atom. The highest BCUT2D eigenvalue weighted by Crippen LogP contribution is 2.23. The number of carbonyl (C=O) groups is 2. The summed E-state index contributed by atoms with van der Waals surface area (Å²) in [6.45, 7) is 1.04. The van der Waals surface area contributed by atoms with Crippen molar-refractivity contribution in [3.8, 4) is 0 Å². The van der Waals surface area contributed by atoms with Gasteiger partial charge in [-0.25, -0.2) is 0 Å². The van der Waals surface area contributed by atoms with Crippen LogP contribution in [0.5, 0.6) is 0 Å². The van der Waals surface area contributed by atoms with E-state index in [2.05, 4.69) is 5.32 Å². The zero-order valence-electron chi connectivity index (χ0n) is 13.6. The molecule has 2 amide bonds. The molecule has 1 saturated heterocycles. The van der Waals surface area contributed by atoms with Crippen LogP contribution in [-0.2, 0) is 16.1 Å². The molecule has 1 atom stereocenters. The predicted octanol–water partition coefficient (Wildman–Crippen LogP) is 3.40. The van der Waals surface area contributed by atoms with Crippen LogP contribution in [0.4, 0.5) is 5.69 Å². The Morgan fingerprint density at radius 1 is 1.17 bits per heavy atom. The fourth-order valence-electron chi connectivity index (χ4n) is 2.82. The highest BCUT2D eigenvalue weighted by Gasteiger charge is 2.34. The molecule has 24 heavy (non-hydrogen) atoms. The van der Waals surface area contributed by atoms with Crippen molar-refractivity contribution in [3.63, 3.8) is 0 Å². The number of carbonyl (C=O) groups excluding carboxylic acids is 2. The minimum Gasteiger partial charge on any atom is -0.338 e. The van der Waals surface area contributed by atoms with E-state index in [1.54, 1.807) is 16.7 Å². The van der Waals surface area contributed by atoms with Crippen LogP contribution in [0.25, 0.3) is 0 Å². The molecule has 2 aromatic carbocycles. The average molecular weight is 340 g/mol. The molecule has 0 bridgehead atoms. The highest BCUT2D eigenvalue weighted by molar-refractivity contribution is 7.98. The standard InChI is InChI=1S/C19H20N2O2S/c1-24-17-9-7-16(8-10-17)20-19(23)15-11-18(22)21(13-15)12-14-5-3-2-4-6-14/h2-10,15H,11-13H2,1H3,(H,20,23)/t15-/m0/s1. The van der Waals surface area contributed by atoms with E-state index in [1.165, 1.54) is 0 Å². The molecule has 0 aromatic heterocycles. The predicted molar refractivity (Wildman–Crippen MR) is 96.8 cm³/mol. The molecule has 1 fully saturated rings. The molecule has 124 valence electrons. The number of benzene rings is 2. The van der Waals surface area contributed by atoms with Crippen molar-refractivity contribution < 1.29 is 9.59 Å². The number of nitrogens with zero attached hydrogens (tertiary/aromatic N) is 1. The largest absolute Gasteiger partial charge is 0.338 e. The molecule has 2 aromatic rings. The lowest BCUT2D eigenvalue weighted by atomic mass is 10.1. The molecular weight excluding hydrogens is 320 g/mol. The zero-order valence-corrected chi connectivity index (χ0v) is 14.4. The molecule has 5 heteroatoms. The van der Waals surface area contributed by atoms with Crippen molar-refractivity contribution >= 4 is 29.3 Å². The van der Waals surface area contributed by atoms with E-state index in [0.29, 0.717) is 13.1 Å². The zero-order chi connectivity index (χ0) is 16.9. The number of amides is 2. The van der Waals surface area contributed by atoms with E-state index in [4.69, 9.17) is 0 Å². The quantitative estimate of drug-likeness (QED) is 0.849. The molecule has 4 nitrogen and oxygen atoms in total. The Morgan fingerprint density at radius 3 is 2.54 bits per heavy atom. The van der Waals surface area contributed by atoms with E-state index in [1.807, 2.05) is 60.9 Å². The van der Waals surface area contributed by atoms with E-state index in [0.717, 1.165) is 16.1 Å². The third-order valence-electron chi connectivity index (χ3n) is 4.16. The van der Waals surface area contributed by atoms with E-state index < -0.39 is 0 Å². The normalized spacial score (nSPS) is 17.1. The number of thioether (sulfide) groups is 1. The van der Waals surface area contributed by atoms with Crippen molar-refractivity contribution in [1.29, 1.82) is 0 Å². The third-order valence-corrected chi connectivity index (χ3v) is 4.90. The van der Waals surface area contributed by atoms with Gasteiger partial charge >= 0.3 is 0 Å². The summed E-state index contributed by atoms with van der Waals surface area (Å²) in [4.78, 5) is 27.5. The van der Waals surface area contributed by atoms with Gasteiger partial charge in [0.25, 0.3) is 0 Å². The Hall–Kier alpha value is -2.27. The van der Waals surface area contributed by atoms with Gasteiger partial charge in [-0.05, 0) is 36.1 Å². The molecular formula is C19H20N2O2S. The molecule has 1 aliphatic heterocycles. The Labute approximate surface area is 146 Å². The van der Waals surface area contributed by atoms with Gasteiger partial charge in [0, 0.05) is 30.1 Å². The molecule has 0 saturated carbocycles. The minimum atomic E-state index is -0.290. The summed E-state index contributed by atoms with van der Waals surface area (Å²) in [5.41, 5.74) is 1.85. The Kier molecular flexibility index (Phi) is 5.20. The number of rotatable bonds is 5. The van der Waals surface area contributed by atoms with Gasteiger partial charge in [0.2, 0.25) is 11.8 Å². The molecule has 0 spiro atoms. The summed E-state index contributed by atoms with van der Waals surface area (Å²) in [6.07, 6.45) is 2.29. The van der Waals surface area contributed by atoms with Crippen LogP contribution in [0, 0.1) is 5.92 Å². The molecule has 0 radical (unpaired) electrons. The van der Waals surface area contributed by atoms with Crippen LogP contribution in [0.2, 0.25) is 0 Å². The van der Waals surface area contributed by atoms with Crippen LogP contribution in [0.3, 0.4) is 0 Å². The molecule has 1 heterocycles. The van der Waals surface area contributed by atoms with Crippen LogP contribution in [0.15, 0.2) is 59.5 Å². The lowest BCUT2D eigenvalue weighted by molar-refractivity contribution is -0.128. The highest BCUT2D eigenvalue weighted by atomic mass is 32.2. The summed E-state index contributed by atoms with van der Waals surface area (Å²) in [7, 11) is 0.